The second-order valence-electron chi connectivity index (χ2n) is 5.35. The largest absolute Gasteiger partial charge is 0.308 e. The number of nitrogens with zero attached hydrogens (tertiary/aromatic N) is 2. The molecule has 0 aromatic rings. The molecule has 0 spiro atoms. The molecule has 1 fully saturated rings. The summed E-state index contributed by atoms with van der Waals surface area (Å²) in [5, 5.41) is 0. The van der Waals surface area contributed by atoms with E-state index in [0.29, 0.717) is 0 Å². The molecule has 0 amide bonds. The summed E-state index contributed by atoms with van der Waals surface area (Å²) in [7, 11) is 4.33. The van der Waals surface area contributed by atoms with Crippen LogP contribution in [0.25, 0.3) is 0 Å². The van der Waals surface area contributed by atoms with E-state index in [1.807, 2.05) is 0 Å². The molecule has 0 N–H and O–H groups in total. The zero-order valence-electron chi connectivity index (χ0n) is 11.0. The predicted octanol–water partition coefficient (Wildman–Crippen LogP) is 2.45. The maximum atomic E-state index is 2.67. The summed E-state index contributed by atoms with van der Waals surface area (Å²) in [6, 6.07) is 0.867. The van der Waals surface area contributed by atoms with Gasteiger partial charge in [-0.1, -0.05) is 13.8 Å². The van der Waals surface area contributed by atoms with Gasteiger partial charge in [-0.25, -0.2) is 0 Å². The first-order valence-electron chi connectivity index (χ1n) is 6.52. The lowest BCUT2D eigenvalue weighted by Gasteiger charge is -2.36. The molecule has 2 heteroatoms. The minimum absolute atomic E-state index is 0.867. The maximum Gasteiger partial charge on any atom is 0.0112 e. The van der Waals surface area contributed by atoms with Crippen molar-refractivity contribution < 1.29 is 0 Å². The molecule has 0 aliphatic heterocycles. The summed E-state index contributed by atoms with van der Waals surface area (Å²) in [6.07, 6.45) is 5.71. The van der Waals surface area contributed by atoms with Crippen molar-refractivity contribution in [3.05, 3.63) is 0 Å². The fraction of sp³-hybridized carbons (Fsp3) is 1.00. The second kappa shape index (κ2) is 6.49. The van der Waals surface area contributed by atoms with Crippen LogP contribution in [0.5, 0.6) is 0 Å². The van der Waals surface area contributed by atoms with Crippen LogP contribution in [-0.2, 0) is 0 Å². The smallest absolute Gasteiger partial charge is 0.0112 e. The van der Waals surface area contributed by atoms with Crippen molar-refractivity contribution in [3.8, 4) is 0 Å². The molecule has 1 aliphatic carbocycles. The molecule has 0 atom stereocenters. The van der Waals surface area contributed by atoms with Gasteiger partial charge in [-0.3, -0.25) is 4.90 Å². The summed E-state index contributed by atoms with van der Waals surface area (Å²) in [5.41, 5.74) is 0. The summed E-state index contributed by atoms with van der Waals surface area (Å²) in [5.74, 6) is 0.966. The molecule has 90 valence electrons. The van der Waals surface area contributed by atoms with Crippen LogP contribution in [0, 0.1) is 5.92 Å². The molecule has 0 radical (unpaired) electrons. The van der Waals surface area contributed by atoms with Crippen molar-refractivity contribution in [2.45, 2.75) is 45.6 Å². The van der Waals surface area contributed by atoms with Crippen LogP contribution in [0.3, 0.4) is 0 Å². The lowest BCUT2D eigenvalue weighted by atomic mass is 9.86. The van der Waals surface area contributed by atoms with Crippen LogP contribution in [0.2, 0.25) is 0 Å². The van der Waals surface area contributed by atoms with Crippen molar-refractivity contribution in [2.24, 2.45) is 5.92 Å². The van der Waals surface area contributed by atoms with Crippen molar-refractivity contribution in [3.63, 3.8) is 0 Å². The standard InChI is InChI=1S/C13H28N2/c1-5-15(11-10-14(3)4)13-8-6-12(2)7-9-13/h12-13H,5-11H2,1-4H3/t12-,13-. The molecule has 2 nitrogen and oxygen atoms in total. The average molecular weight is 212 g/mol. The van der Waals surface area contributed by atoms with E-state index in [9.17, 15) is 0 Å². The molecule has 0 aromatic carbocycles. The van der Waals surface area contributed by atoms with Crippen molar-refractivity contribution in [1.29, 1.82) is 0 Å². The fourth-order valence-corrected chi connectivity index (χ4v) is 2.53. The first-order chi connectivity index (χ1) is 7.13. The highest BCUT2D eigenvalue weighted by atomic mass is 15.2. The number of rotatable bonds is 5. The van der Waals surface area contributed by atoms with Crippen LogP contribution in [0.15, 0.2) is 0 Å². The molecule has 15 heavy (non-hydrogen) atoms. The topological polar surface area (TPSA) is 6.48 Å². The van der Waals surface area contributed by atoms with Crippen molar-refractivity contribution in [2.75, 3.05) is 33.7 Å². The van der Waals surface area contributed by atoms with Crippen molar-refractivity contribution >= 4 is 0 Å². The van der Waals surface area contributed by atoms with Gasteiger partial charge in [0.2, 0.25) is 0 Å². The van der Waals surface area contributed by atoms with Crippen molar-refractivity contribution in [1.82, 2.24) is 9.80 Å². The lowest BCUT2D eigenvalue weighted by Crippen LogP contribution is -2.41. The molecule has 0 unspecified atom stereocenters. The van der Waals surface area contributed by atoms with Gasteiger partial charge in [-0.2, -0.15) is 0 Å². The normalized spacial score (nSPS) is 27.6. The van der Waals surface area contributed by atoms with E-state index in [1.54, 1.807) is 0 Å². The first kappa shape index (κ1) is 13.0. The summed E-state index contributed by atoms with van der Waals surface area (Å²) >= 11 is 0. The number of likely N-dealkylation sites (N-methyl/N-ethyl adjacent to an activating group) is 2. The Kier molecular flexibility index (Phi) is 5.62. The third-order valence-electron chi connectivity index (χ3n) is 3.74. The Hall–Kier alpha value is -0.0800. The quantitative estimate of drug-likeness (QED) is 0.691. The van der Waals surface area contributed by atoms with E-state index >= 15 is 0 Å². The predicted molar refractivity (Wildman–Crippen MR) is 67.2 cm³/mol. The molecule has 0 aromatic heterocycles. The lowest BCUT2D eigenvalue weighted by molar-refractivity contribution is 0.136. The third kappa shape index (κ3) is 4.52. The summed E-state index contributed by atoms with van der Waals surface area (Å²) in [4.78, 5) is 4.96. The number of hydrogen-bond donors (Lipinski definition) is 0. The molecule has 0 saturated heterocycles. The van der Waals surface area contributed by atoms with Crippen LogP contribution >= 0.6 is 0 Å². The van der Waals surface area contributed by atoms with Gasteiger partial charge in [0.05, 0.1) is 0 Å². The monoisotopic (exact) mass is 212 g/mol. The van der Waals surface area contributed by atoms with Gasteiger partial charge in [0.25, 0.3) is 0 Å². The number of hydrogen-bond acceptors (Lipinski definition) is 2. The second-order valence-corrected chi connectivity index (χ2v) is 5.35. The Bertz CT molecular complexity index is 160. The molecular formula is C13H28N2. The Balaban J connectivity index is 2.31. The van der Waals surface area contributed by atoms with Crippen LogP contribution in [0.4, 0.5) is 0 Å². The van der Waals surface area contributed by atoms with Crippen LogP contribution < -0.4 is 0 Å². The summed E-state index contributed by atoms with van der Waals surface area (Å²) < 4.78 is 0. The minimum atomic E-state index is 0.867. The highest BCUT2D eigenvalue weighted by Gasteiger charge is 2.22. The highest BCUT2D eigenvalue weighted by molar-refractivity contribution is 4.78. The van der Waals surface area contributed by atoms with Gasteiger partial charge in [0.15, 0.2) is 0 Å². The van der Waals surface area contributed by atoms with Crippen LogP contribution in [-0.4, -0.2) is 49.6 Å². The average Bonchev–Trinajstić information content (AvgIpc) is 2.21. The fourth-order valence-electron chi connectivity index (χ4n) is 2.53. The van der Waals surface area contributed by atoms with Gasteiger partial charge in [-0.15, -0.1) is 0 Å². The third-order valence-corrected chi connectivity index (χ3v) is 3.74. The summed E-state index contributed by atoms with van der Waals surface area (Å²) in [6.45, 7) is 8.34. The molecular weight excluding hydrogens is 184 g/mol. The van der Waals surface area contributed by atoms with Gasteiger partial charge in [0.1, 0.15) is 0 Å². The van der Waals surface area contributed by atoms with Gasteiger partial charge in [0, 0.05) is 19.1 Å². The Morgan fingerprint density at radius 1 is 1.00 bits per heavy atom. The molecule has 1 aliphatic rings. The van der Waals surface area contributed by atoms with E-state index in [2.05, 4.69) is 37.7 Å². The molecule has 1 rings (SSSR count). The molecule has 0 heterocycles. The first-order valence-corrected chi connectivity index (χ1v) is 6.52. The Morgan fingerprint density at radius 3 is 2.07 bits per heavy atom. The van der Waals surface area contributed by atoms with Gasteiger partial charge in [-0.05, 0) is 52.2 Å². The molecule has 0 bridgehead atoms. The Morgan fingerprint density at radius 2 is 1.60 bits per heavy atom. The van der Waals surface area contributed by atoms with E-state index < -0.39 is 0 Å². The van der Waals surface area contributed by atoms with E-state index in [-0.39, 0.29) is 0 Å². The van der Waals surface area contributed by atoms with Gasteiger partial charge < -0.3 is 4.90 Å². The molecule has 1 saturated carbocycles. The van der Waals surface area contributed by atoms with E-state index in [1.165, 1.54) is 45.3 Å². The van der Waals surface area contributed by atoms with Crippen LogP contribution in [0.1, 0.15) is 39.5 Å². The van der Waals surface area contributed by atoms with E-state index in [0.717, 1.165) is 12.0 Å². The Labute approximate surface area is 95.6 Å². The zero-order chi connectivity index (χ0) is 11.3. The van der Waals surface area contributed by atoms with Gasteiger partial charge >= 0.3 is 0 Å². The zero-order valence-corrected chi connectivity index (χ0v) is 11.0. The minimum Gasteiger partial charge on any atom is -0.308 e. The maximum absolute atomic E-state index is 2.67. The SMILES string of the molecule is CCN(CCN(C)C)[C@H]1CC[C@H](C)CC1. The highest BCUT2D eigenvalue weighted by Crippen LogP contribution is 2.26. The van der Waals surface area contributed by atoms with E-state index in [4.69, 9.17) is 0 Å².